The van der Waals surface area contributed by atoms with Crippen molar-refractivity contribution in [1.29, 1.82) is 0 Å². The van der Waals surface area contributed by atoms with Gasteiger partial charge in [-0.1, -0.05) is 44.2 Å². The summed E-state index contributed by atoms with van der Waals surface area (Å²) in [7, 11) is 0. The number of fused-ring (bicyclic) bond motifs is 1. The highest BCUT2D eigenvalue weighted by Gasteiger charge is 2.45. The van der Waals surface area contributed by atoms with Crippen LogP contribution in [0.2, 0.25) is 0 Å². The Bertz CT molecular complexity index is 1410. The van der Waals surface area contributed by atoms with Gasteiger partial charge in [-0.25, -0.2) is 0 Å². The van der Waals surface area contributed by atoms with Crippen LogP contribution in [-0.4, -0.2) is 62.3 Å². The molecule has 2 aromatic carbocycles. The van der Waals surface area contributed by atoms with Gasteiger partial charge in [0.1, 0.15) is 11.8 Å². The first-order valence-corrected chi connectivity index (χ1v) is 14.3. The Morgan fingerprint density at radius 2 is 1.90 bits per heavy atom. The molecule has 39 heavy (non-hydrogen) atoms. The average Bonchev–Trinajstić information content (AvgIpc) is 3.60. The maximum Gasteiger partial charge on any atom is 0.255 e. The number of Topliss-reactive ketones (excluding diaryl/α,β-unsaturated/α-hetero) is 1. The predicted molar refractivity (Wildman–Crippen MR) is 151 cm³/mol. The van der Waals surface area contributed by atoms with Crippen LogP contribution in [0.3, 0.4) is 0 Å². The molecule has 5 rings (SSSR count). The van der Waals surface area contributed by atoms with Crippen molar-refractivity contribution in [3.8, 4) is 16.2 Å². The summed E-state index contributed by atoms with van der Waals surface area (Å²) in [5.74, 6) is -0.682. The number of ketones is 1. The number of likely N-dealkylation sites (tertiary alicyclic amines) is 1. The second-order valence-corrected chi connectivity index (χ2v) is 11.8. The van der Waals surface area contributed by atoms with E-state index in [0.717, 1.165) is 21.6 Å². The van der Waals surface area contributed by atoms with Crippen molar-refractivity contribution in [1.82, 2.24) is 9.80 Å². The van der Waals surface area contributed by atoms with E-state index in [1.807, 2.05) is 62.5 Å². The third-order valence-corrected chi connectivity index (χ3v) is 8.92. The molecule has 0 radical (unpaired) electrons. The summed E-state index contributed by atoms with van der Waals surface area (Å²) < 4.78 is 0. The lowest BCUT2D eigenvalue weighted by Gasteiger charge is -2.35. The molecule has 7 nitrogen and oxygen atoms in total. The molecule has 3 aromatic rings. The smallest absolute Gasteiger partial charge is 0.255 e. The van der Waals surface area contributed by atoms with Gasteiger partial charge in [-0.3, -0.25) is 14.4 Å². The Hall–Kier alpha value is -3.49. The van der Waals surface area contributed by atoms with E-state index in [0.29, 0.717) is 24.1 Å². The molecule has 1 aromatic heterocycles. The predicted octanol–water partition coefficient (Wildman–Crippen LogP) is 4.57. The first-order valence-electron chi connectivity index (χ1n) is 13.4. The Kier molecular flexibility index (Phi) is 7.60. The average molecular weight is 547 g/mol. The molecule has 204 valence electrons. The largest absolute Gasteiger partial charge is 0.508 e. The molecular formula is C31H34N2O5S. The number of phenols is 1. The molecule has 2 aliphatic heterocycles. The van der Waals surface area contributed by atoms with Crippen LogP contribution >= 0.6 is 11.3 Å². The zero-order chi connectivity index (χ0) is 27.8. The summed E-state index contributed by atoms with van der Waals surface area (Å²) in [6.07, 6.45) is -0.168. The molecule has 1 saturated heterocycles. The maximum absolute atomic E-state index is 13.9. The second-order valence-electron chi connectivity index (χ2n) is 10.9. The second kappa shape index (κ2) is 10.9. The fraction of sp³-hybridized carbons (Fsp3) is 0.387. The van der Waals surface area contributed by atoms with E-state index in [2.05, 4.69) is 0 Å². The Morgan fingerprint density at radius 3 is 2.56 bits per heavy atom. The number of rotatable bonds is 8. The van der Waals surface area contributed by atoms with Crippen LogP contribution in [0, 0.1) is 12.8 Å². The third kappa shape index (κ3) is 5.23. The van der Waals surface area contributed by atoms with Gasteiger partial charge in [0.25, 0.3) is 5.91 Å². The van der Waals surface area contributed by atoms with E-state index in [-0.39, 0.29) is 48.7 Å². The molecular weight excluding hydrogens is 512 g/mol. The normalized spacial score (nSPS) is 19.6. The van der Waals surface area contributed by atoms with E-state index >= 15 is 0 Å². The first-order chi connectivity index (χ1) is 18.7. The van der Waals surface area contributed by atoms with Crippen LogP contribution in [0.4, 0.5) is 0 Å². The monoisotopic (exact) mass is 546 g/mol. The molecule has 0 saturated carbocycles. The quantitative estimate of drug-likeness (QED) is 0.431. The van der Waals surface area contributed by atoms with Crippen molar-refractivity contribution in [2.75, 3.05) is 6.54 Å². The molecule has 2 aliphatic rings. The van der Waals surface area contributed by atoms with Crippen LogP contribution in [0.5, 0.6) is 5.75 Å². The summed E-state index contributed by atoms with van der Waals surface area (Å²) >= 11 is 1.61. The first kappa shape index (κ1) is 27.1. The highest BCUT2D eigenvalue weighted by molar-refractivity contribution is 7.13. The highest BCUT2D eigenvalue weighted by atomic mass is 32.1. The Morgan fingerprint density at radius 1 is 1.13 bits per heavy atom. The lowest BCUT2D eigenvalue weighted by molar-refractivity contribution is -0.142. The topological polar surface area (TPSA) is 98.2 Å². The fourth-order valence-electron chi connectivity index (χ4n) is 5.82. The molecule has 0 spiro atoms. The lowest BCUT2D eigenvalue weighted by Crippen LogP contribution is -2.54. The zero-order valence-electron chi connectivity index (χ0n) is 22.5. The number of aryl methyl sites for hydroxylation is 2. The van der Waals surface area contributed by atoms with E-state index in [1.165, 1.54) is 4.90 Å². The van der Waals surface area contributed by atoms with Gasteiger partial charge in [0.15, 0.2) is 5.78 Å². The molecule has 0 aliphatic carbocycles. The van der Waals surface area contributed by atoms with Crippen LogP contribution < -0.4 is 0 Å². The summed E-state index contributed by atoms with van der Waals surface area (Å²) in [6.45, 7) is 6.23. The van der Waals surface area contributed by atoms with E-state index in [9.17, 15) is 24.6 Å². The standard InChI is InChI=1S/C31H34N2O5S/c1-18(2)28(33-16-22-6-4-5-7-24(22)30(33)37)31(38)32-17-23(34)15-25(32)26(35)11-10-20-8-9-21(14-27(20)36)29-19(3)12-13-39-29/h4-9,12-14,18,23,25,28,34,36H,10-11,15-17H2,1-3H3/t23-,25+,28+/m1/s1. The number of amides is 2. The Balaban J connectivity index is 1.29. The minimum Gasteiger partial charge on any atom is -0.508 e. The van der Waals surface area contributed by atoms with Crippen LogP contribution in [-0.2, 0) is 22.6 Å². The zero-order valence-corrected chi connectivity index (χ0v) is 23.3. The van der Waals surface area contributed by atoms with Crippen LogP contribution in [0.25, 0.3) is 10.4 Å². The Labute approximate surface area is 232 Å². The molecule has 2 N–H and O–H groups in total. The van der Waals surface area contributed by atoms with E-state index < -0.39 is 18.2 Å². The van der Waals surface area contributed by atoms with Gasteiger partial charge in [-0.2, -0.15) is 0 Å². The number of hydrogen-bond acceptors (Lipinski definition) is 6. The summed E-state index contributed by atoms with van der Waals surface area (Å²) in [5, 5.41) is 23.1. The minimum absolute atomic E-state index is 0.0630. The number of aromatic hydroxyl groups is 1. The third-order valence-electron chi connectivity index (χ3n) is 7.85. The summed E-state index contributed by atoms with van der Waals surface area (Å²) in [6, 6.07) is 13.4. The van der Waals surface area contributed by atoms with Gasteiger partial charge in [0, 0.05) is 36.4 Å². The van der Waals surface area contributed by atoms with E-state index in [1.54, 1.807) is 28.4 Å². The van der Waals surface area contributed by atoms with E-state index in [4.69, 9.17) is 0 Å². The lowest BCUT2D eigenvalue weighted by atomic mass is 9.97. The van der Waals surface area contributed by atoms with Gasteiger partial charge in [-0.05, 0) is 65.1 Å². The number of aliphatic hydroxyl groups is 1. The van der Waals surface area contributed by atoms with Crippen molar-refractivity contribution in [2.24, 2.45) is 5.92 Å². The van der Waals surface area contributed by atoms with Crippen molar-refractivity contribution < 1.29 is 24.6 Å². The molecule has 0 bridgehead atoms. The minimum atomic E-state index is -0.802. The van der Waals surface area contributed by atoms with Crippen molar-refractivity contribution in [3.05, 3.63) is 76.2 Å². The number of benzene rings is 2. The van der Waals surface area contributed by atoms with Crippen molar-refractivity contribution in [2.45, 2.75) is 64.8 Å². The summed E-state index contributed by atoms with van der Waals surface area (Å²) in [4.78, 5) is 44.6. The number of β-amino-alcohol motifs (C(OH)–C–C–N with tert-alkyl or cyclic N) is 1. The van der Waals surface area contributed by atoms with Gasteiger partial charge in [0.2, 0.25) is 5.91 Å². The van der Waals surface area contributed by atoms with Crippen molar-refractivity contribution in [3.63, 3.8) is 0 Å². The molecule has 3 atom stereocenters. The highest BCUT2D eigenvalue weighted by Crippen LogP contribution is 2.34. The van der Waals surface area contributed by atoms with Gasteiger partial charge < -0.3 is 20.0 Å². The van der Waals surface area contributed by atoms with Crippen molar-refractivity contribution >= 4 is 28.9 Å². The molecule has 0 unspecified atom stereocenters. The number of aliphatic hydroxyl groups excluding tert-OH is 1. The van der Waals surface area contributed by atoms with Crippen LogP contribution in [0.15, 0.2) is 53.9 Å². The maximum atomic E-state index is 13.9. The summed E-state index contributed by atoms with van der Waals surface area (Å²) in [5.41, 5.74) is 4.23. The number of carbonyl (C=O) groups is 3. The van der Waals surface area contributed by atoms with Crippen LogP contribution in [0.1, 0.15) is 53.7 Å². The van der Waals surface area contributed by atoms with Gasteiger partial charge >= 0.3 is 0 Å². The van der Waals surface area contributed by atoms with Gasteiger partial charge in [-0.15, -0.1) is 11.3 Å². The number of thiophene rings is 1. The molecule has 1 fully saturated rings. The molecule has 8 heteroatoms. The SMILES string of the molecule is Cc1ccsc1-c1ccc(CCC(=O)[C@@H]2C[C@@H](O)CN2C(=O)[C@H](C(C)C)N2Cc3ccccc3C2=O)c(O)c1. The molecule has 2 amide bonds. The number of hydrogen-bond donors (Lipinski definition) is 2. The fourth-order valence-corrected chi connectivity index (χ4v) is 6.75. The number of carbonyl (C=O) groups excluding carboxylic acids is 3. The van der Waals surface area contributed by atoms with Gasteiger partial charge in [0.05, 0.1) is 12.1 Å². The molecule has 3 heterocycles. The number of phenolic OH excluding ortho intramolecular Hbond substituents is 1. The number of nitrogens with zero attached hydrogens (tertiary/aromatic N) is 2.